The first-order valence-corrected chi connectivity index (χ1v) is 9.34. The zero-order valence-electron chi connectivity index (χ0n) is 15.9. The van der Waals surface area contributed by atoms with Crippen LogP contribution >= 0.6 is 0 Å². The lowest BCUT2D eigenvalue weighted by atomic mass is 10.2. The summed E-state index contributed by atoms with van der Waals surface area (Å²) in [6.07, 6.45) is 1.49. The maximum Gasteiger partial charge on any atom is 0.270 e. The number of phenolic OH excluding ortho intramolecular Hbond substituents is 1. The highest BCUT2D eigenvalue weighted by Crippen LogP contribution is 2.21. The molecule has 3 rings (SSSR count). The minimum absolute atomic E-state index is 0.148. The predicted molar refractivity (Wildman–Crippen MR) is 110 cm³/mol. The number of amides is 1. The second-order valence-corrected chi connectivity index (χ2v) is 6.71. The number of carbonyl (C=O) groups is 1. The largest absolute Gasteiger partial charge is 0.507 e. The molecule has 2 aromatic rings. The van der Waals surface area contributed by atoms with Crippen LogP contribution in [-0.4, -0.2) is 59.8 Å². The molecule has 9 heteroatoms. The van der Waals surface area contributed by atoms with Gasteiger partial charge in [-0.15, -0.1) is 0 Å². The van der Waals surface area contributed by atoms with Gasteiger partial charge in [0, 0.05) is 62.5 Å². The van der Waals surface area contributed by atoms with Gasteiger partial charge in [-0.1, -0.05) is 18.2 Å². The third-order valence-corrected chi connectivity index (χ3v) is 4.76. The van der Waals surface area contributed by atoms with Gasteiger partial charge < -0.3 is 10.0 Å². The van der Waals surface area contributed by atoms with Crippen LogP contribution in [0.1, 0.15) is 12.0 Å². The lowest BCUT2D eigenvalue weighted by Gasteiger charge is -2.36. The van der Waals surface area contributed by atoms with Crippen LogP contribution in [0, 0.1) is 10.1 Å². The molecule has 0 unspecified atom stereocenters. The smallest absolute Gasteiger partial charge is 0.270 e. The van der Waals surface area contributed by atoms with Crippen LogP contribution < -0.4 is 10.3 Å². The lowest BCUT2D eigenvalue weighted by Crippen LogP contribution is -2.47. The van der Waals surface area contributed by atoms with Crippen molar-refractivity contribution >= 4 is 23.5 Å². The lowest BCUT2D eigenvalue weighted by molar-refractivity contribution is -0.384. The Morgan fingerprint density at radius 1 is 1.17 bits per heavy atom. The predicted octanol–water partition coefficient (Wildman–Crippen LogP) is 1.96. The molecule has 0 spiro atoms. The highest BCUT2D eigenvalue weighted by atomic mass is 16.6. The Balaban J connectivity index is 1.41. The van der Waals surface area contributed by atoms with Gasteiger partial charge in [0.25, 0.3) is 5.69 Å². The highest BCUT2D eigenvalue weighted by Gasteiger charge is 2.17. The number of benzene rings is 2. The molecule has 1 saturated heterocycles. The molecule has 0 atom stereocenters. The van der Waals surface area contributed by atoms with E-state index in [1.165, 1.54) is 30.1 Å². The number of hydrogen-bond donors (Lipinski definition) is 2. The Morgan fingerprint density at radius 3 is 2.59 bits per heavy atom. The van der Waals surface area contributed by atoms with Crippen molar-refractivity contribution in [3.8, 4) is 5.75 Å². The summed E-state index contributed by atoms with van der Waals surface area (Å²) < 4.78 is 0. The summed E-state index contributed by atoms with van der Waals surface area (Å²) in [5.41, 5.74) is 3.61. The number of carbonyl (C=O) groups excluding carboxylic acids is 1. The summed E-state index contributed by atoms with van der Waals surface area (Å²) in [6.45, 7) is 4.22. The van der Waals surface area contributed by atoms with Crippen molar-refractivity contribution in [1.29, 1.82) is 0 Å². The van der Waals surface area contributed by atoms with Crippen molar-refractivity contribution in [3.05, 3.63) is 64.2 Å². The average molecular weight is 397 g/mol. The van der Waals surface area contributed by atoms with Gasteiger partial charge >= 0.3 is 0 Å². The minimum Gasteiger partial charge on any atom is -0.507 e. The SMILES string of the molecule is O=C(CCN1CCN(c2ccccc2)CC1)N/N=C\c1cc([N+](=O)[O-])ccc1O. The minimum atomic E-state index is -0.563. The molecular weight excluding hydrogens is 374 g/mol. The first-order valence-electron chi connectivity index (χ1n) is 9.34. The van der Waals surface area contributed by atoms with Gasteiger partial charge in [0.15, 0.2) is 0 Å². The topological polar surface area (TPSA) is 111 Å². The fraction of sp³-hybridized carbons (Fsp3) is 0.300. The van der Waals surface area contributed by atoms with Crippen molar-refractivity contribution in [2.24, 2.45) is 5.10 Å². The molecule has 2 N–H and O–H groups in total. The number of hydrazone groups is 1. The average Bonchev–Trinajstić information content (AvgIpc) is 2.74. The van der Waals surface area contributed by atoms with E-state index in [1.807, 2.05) is 18.2 Å². The first kappa shape index (κ1) is 20.3. The summed E-state index contributed by atoms with van der Waals surface area (Å²) in [7, 11) is 0. The first-order chi connectivity index (χ1) is 14.0. The number of aromatic hydroxyl groups is 1. The van der Waals surface area contributed by atoms with E-state index in [0.29, 0.717) is 13.0 Å². The summed E-state index contributed by atoms with van der Waals surface area (Å²) >= 11 is 0. The van der Waals surface area contributed by atoms with Gasteiger partial charge in [0.05, 0.1) is 11.1 Å². The van der Waals surface area contributed by atoms with E-state index >= 15 is 0 Å². The monoisotopic (exact) mass is 397 g/mol. The van der Waals surface area contributed by atoms with E-state index in [9.17, 15) is 20.0 Å². The Labute approximate surface area is 168 Å². The number of nitrogens with one attached hydrogen (secondary N) is 1. The molecule has 29 heavy (non-hydrogen) atoms. The summed E-state index contributed by atoms with van der Waals surface area (Å²) in [6, 6.07) is 13.9. The third-order valence-electron chi connectivity index (χ3n) is 4.76. The maximum absolute atomic E-state index is 12.0. The standard InChI is InChI=1S/C20H23N5O4/c26-19-7-6-18(25(28)29)14-16(19)15-21-22-20(27)8-9-23-10-12-24(13-11-23)17-4-2-1-3-5-17/h1-7,14-15,26H,8-13H2,(H,22,27)/b21-15-. The zero-order valence-corrected chi connectivity index (χ0v) is 15.9. The number of phenols is 1. The van der Waals surface area contributed by atoms with Gasteiger partial charge in [-0.3, -0.25) is 19.8 Å². The van der Waals surface area contributed by atoms with Gasteiger partial charge in [-0.05, 0) is 18.2 Å². The molecule has 1 amide bonds. The molecule has 1 heterocycles. The number of nitro benzene ring substituents is 1. The van der Waals surface area contributed by atoms with Gasteiger partial charge in [-0.25, -0.2) is 5.43 Å². The Morgan fingerprint density at radius 2 is 1.90 bits per heavy atom. The van der Waals surface area contributed by atoms with Crippen molar-refractivity contribution in [1.82, 2.24) is 10.3 Å². The number of nitro groups is 1. The van der Waals surface area contributed by atoms with Crippen molar-refractivity contribution in [3.63, 3.8) is 0 Å². The summed E-state index contributed by atoms with van der Waals surface area (Å²) in [5, 5.41) is 24.3. The van der Waals surface area contributed by atoms with Crippen LogP contribution in [0.2, 0.25) is 0 Å². The molecule has 9 nitrogen and oxygen atoms in total. The van der Waals surface area contributed by atoms with Crippen LogP contribution in [0.15, 0.2) is 53.6 Å². The number of non-ortho nitro benzene ring substituents is 1. The number of nitrogens with zero attached hydrogens (tertiary/aromatic N) is 4. The van der Waals surface area contributed by atoms with E-state index in [2.05, 4.69) is 32.5 Å². The van der Waals surface area contributed by atoms with Crippen LogP contribution in [0.25, 0.3) is 0 Å². The summed E-state index contributed by atoms with van der Waals surface area (Å²) in [4.78, 5) is 26.8. The van der Waals surface area contributed by atoms with E-state index in [0.717, 1.165) is 26.2 Å². The molecule has 1 aliphatic heterocycles. The van der Waals surface area contributed by atoms with Crippen molar-refractivity contribution < 1.29 is 14.8 Å². The number of piperazine rings is 1. The second kappa shape index (κ2) is 9.65. The molecule has 0 aromatic heterocycles. The third kappa shape index (κ3) is 5.76. The molecule has 0 saturated carbocycles. The van der Waals surface area contributed by atoms with Crippen LogP contribution in [-0.2, 0) is 4.79 Å². The molecule has 152 valence electrons. The van der Waals surface area contributed by atoms with Gasteiger partial charge in [-0.2, -0.15) is 5.10 Å². The van der Waals surface area contributed by atoms with Crippen LogP contribution in [0.4, 0.5) is 11.4 Å². The summed E-state index contributed by atoms with van der Waals surface area (Å²) in [5.74, 6) is -0.401. The maximum atomic E-state index is 12.0. The number of para-hydroxylation sites is 1. The Hall–Kier alpha value is -3.46. The molecule has 0 aliphatic carbocycles. The Bertz CT molecular complexity index is 880. The number of anilines is 1. The quantitative estimate of drug-likeness (QED) is 0.420. The van der Waals surface area contributed by atoms with E-state index in [4.69, 9.17) is 0 Å². The van der Waals surface area contributed by atoms with E-state index in [-0.39, 0.29) is 22.9 Å². The normalized spacial score (nSPS) is 14.8. The fourth-order valence-corrected chi connectivity index (χ4v) is 3.12. The fourth-order valence-electron chi connectivity index (χ4n) is 3.12. The molecule has 0 radical (unpaired) electrons. The molecule has 1 aliphatic rings. The van der Waals surface area contributed by atoms with E-state index in [1.54, 1.807) is 0 Å². The van der Waals surface area contributed by atoms with Gasteiger partial charge in [0.1, 0.15) is 5.75 Å². The second-order valence-electron chi connectivity index (χ2n) is 6.71. The molecule has 0 bridgehead atoms. The van der Waals surface area contributed by atoms with Crippen LogP contribution in [0.3, 0.4) is 0 Å². The number of hydrogen-bond acceptors (Lipinski definition) is 7. The van der Waals surface area contributed by atoms with Gasteiger partial charge in [0.2, 0.25) is 5.91 Å². The van der Waals surface area contributed by atoms with Crippen LogP contribution in [0.5, 0.6) is 5.75 Å². The highest BCUT2D eigenvalue weighted by molar-refractivity contribution is 5.86. The molecule has 1 fully saturated rings. The van der Waals surface area contributed by atoms with Crippen molar-refractivity contribution in [2.45, 2.75) is 6.42 Å². The Kier molecular flexibility index (Phi) is 6.75. The zero-order chi connectivity index (χ0) is 20.6. The molecule has 2 aromatic carbocycles. The van der Waals surface area contributed by atoms with E-state index < -0.39 is 4.92 Å². The molecular formula is C20H23N5O4. The number of rotatable bonds is 7. The van der Waals surface area contributed by atoms with Crippen molar-refractivity contribution in [2.75, 3.05) is 37.6 Å².